The Labute approximate surface area is 248 Å². The third-order valence-corrected chi connectivity index (χ3v) is 6.83. The minimum Gasteiger partial charge on any atom is -0.457 e. The van der Waals surface area contributed by atoms with E-state index in [0.717, 1.165) is 5.52 Å². The van der Waals surface area contributed by atoms with E-state index in [-0.39, 0.29) is 22.1 Å². The van der Waals surface area contributed by atoms with E-state index in [1.807, 2.05) is 17.7 Å². The van der Waals surface area contributed by atoms with Crippen molar-refractivity contribution in [1.82, 2.24) is 29.4 Å². The summed E-state index contributed by atoms with van der Waals surface area (Å²) in [6, 6.07) is 13.2. The van der Waals surface area contributed by atoms with Crippen LogP contribution in [-0.4, -0.2) is 54.5 Å². The number of pyridine rings is 1. The molecule has 5 rings (SSSR count). The molecule has 0 saturated heterocycles. The number of likely N-dealkylation sites (N-methyl/N-ethyl adjacent to an activating group) is 1. The zero-order valence-electron chi connectivity index (χ0n) is 23.1. The standard InChI is InChI=1S/C29H25ClF3N7O3/c1-15(27(42)39(2)3)25(41)19-7-5-16(11-20(19)30)36-28-37-21-12-17(6-8-23(21)40(28)4)43-18-9-10-34-22(13-18)26-35-14-24(38-26)29(31,32)33/h5-14,25,41H,1H2,2-4H3,(H,35,38)(H,36,37). The zero-order valence-corrected chi connectivity index (χ0v) is 23.8. The van der Waals surface area contributed by atoms with Crippen LogP contribution in [0.1, 0.15) is 17.4 Å². The molecule has 0 bridgehead atoms. The number of aliphatic hydroxyl groups excluding tert-OH is 1. The van der Waals surface area contributed by atoms with E-state index in [1.54, 1.807) is 50.5 Å². The van der Waals surface area contributed by atoms with E-state index in [0.29, 0.717) is 40.4 Å². The molecule has 0 aliphatic heterocycles. The molecule has 1 atom stereocenters. The highest BCUT2D eigenvalue weighted by Gasteiger charge is 2.33. The number of halogens is 4. The van der Waals surface area contributed by atoms with Crippen LogP contribution in [0.25, 0.3) is 22.6 Å². The number of aromatic amines is 1. The number of hydrogen-bond acceptors (Lipinski definition) is 7. The van der Waals surface area contributed by atoms with Crippen LogP contribution in [-0.2, 0) is 18.0 Å². The average Bonchev–Trinajstić information content (AvgIpc) is 3.58. The van der Waals surface area contributed by atoms with Crippen LogP contribution in [0.15, 0.2) is 73.1 Å². The molecule has 14 heteroatoms. The maximum absolute atomic E-state index is 12.9. The van der Waals surface area contributed by atoms with Gasteiger partial charge in [-0.15, -0.1) is 0 Å². The van der Waals surface area contributed by atoms with Crippen molar-refractivity contribution in [1.29, 1.82) is 0 Å². The van der Waals surface area contributed by atoms with Crippen LogP contribution in [0.2, 0.25) is 5.02 Å². The quantitative estimate of drug-likeness (QED) is 0.178. The number of aliphatic hydroxyl groups is 1. The molecule has 3 aromatic heterocycles. The lowest BCUT2D eigenvalue weighted by Gasteiger charge is -2.19. The fourth-order valence-electron chi connectivity index (χ4n) is 4.24. The van der Waals surface area contributed by atoms with E-state index in [2.05, 4.69) is 31.8 Å². The Bertz CT molecular complexity index is 1850. The van der Waals surface area contributed by atoms with Crippen LogP contribution in [0.5, 0.6) is 11.5 Å². The van der Waals surface area contributed by atoms with Crippen molar-refractivity contribution in [3.8, 4) is 23.0 Å². The fraction of sp³-hybridized carbons (Fsp3) is 0.172. The number of hydrogen-bond donors (Lipinski definition) is 3. The first-order valence-corrected chi connectivity index (χ1v) is 13.1. The van der Waals surface area contributed by atoms with Crippen molar-refractivity contribution < 1.29 is 27.8 Å². The number of amides is 1. The second kappa shape index (κ2) is 11.4. The highest BCUT2D eigenvalue weighted by atomic mass is 35.5. The van der Waals surface area contributed by atoms with E-state index in [9.17, 15) is 23.1 Å². The summed E-state index contributed by atoms with van der Waals surface area (Å²) in [6.45, 7) is 3.70. The van der Waals surface area contributed by atoms with Gasteiger partial charge in [-0.3, -0.25) is 9.78 Å². The van der Waals surface area contributed by atoms with Gasteiger partial charge in [-0.05, 0) is 30.3 Å². The van der Waals surface area contributed by atoms with E-state index < -0.39 is 23.9 Å². The average molecular weight is 612 g/mol. The lowest BCUT2D eigenvalue weighted by atomic mass is 10.0. The molecule has 10 nitrogen and oxygen atoms in total. The summed E-state index contributed by atoms with van der Waals surface area (Å²) in [7, 11) is 4.95. The van der Waals surface area contributed by atoms with Crippen molar-refractivity contribution in [2.75, 3.05) is 19.4 Å². The number of benzene rings is 2. The number of nitrogens with one attached hydrogen (secondary N) is 2. The summed E-state index contributed by atoms with van der Waals surface area (Å²) in [5.74, 6) is 0.834. The summed E-state index contributed by atoms with van der Waals surface area (Å²) in [5, 5.41) is 14.0. The molecule has 5 aromatic rings. The van der Waals surface area contributed by atoms with E-state index in [4.69, 9.17) is 16.3 Å². The molecule has 222 valence electrons. The van der Waals surface area contributed by atoms with Gasteiger partial charge in [0.15, 0.2) is 5.82 Å². The molecule has 0 radical (unpaired) electrons. The van der Waals surface area contributed by atoms with Gasteiger partial charge in [0, 0.05) is 61.3 Å². The van der Waals surface area contributed by atoms with Crippen LogP contribution in [0, 0.1) is 0 Å². The predicted octanol–water partition coefficient (Wildman–Crippen LogP) is 6.24. The first kappa shape index (κ1) is 29.6. The van der Waals surface area contributed by atoms with E-state index in [1.165, 1.54) is 17.2 Å². The molecule has 0 spiro atoms. The molecule has 0 aliphatic rings. The number of alkyl halides is 3. The van der Waals surface area contributed by atoms with Gasteiger partial charge in [-0.25, -0.2) is 9.97 Å². The third kappa shape index (κ3) is 6.17. The number of carbonyl (C=O) groups excluding carboxylic acids is 1. The van der Waals surface area contributed by atoms with Gasteiger partial charge in [0.1, 0.15) is 29.0 Å². The predicted molar refractivity (Wildman–Crippen MR) is 155 cm³/mol. The second-order valence-corrected chi connectivity index (χ2v) is 10.2. The molecule has 0 aliphatic carbocycles. The van der Waals surface area contributed by atoms with E-state index >= 15 is 0 Å². The number of nitrogens with zero attached hydrogens (tertiary/aromatic N) is 5. The number of fused-ring (bicyclic) bond motifs is 1. The molecular formula is C29H25ClF3N7O3. The zero-order chi connectivity index (χ0) is 31.1. The highest BCUT2D eigenvalue weighted by Crippen LogP contribution is 2.34. The van der Waals surface area contributed by atoms with Gasteiger partial charge >= 0.3 is 6.18 Å². The monoisotopic (exact) mass is 611 g/mol. The molecule has 1 unspecified atom stereocenters. The molecule has 3 heterocycles. The van der Waals surface area contributed by atoms with Crippen molar-refractivity contribution in [3.63, 3.8) is 0 Å². The number of imidazole rings is 2. The van der Waals surface area contributed by atoms with Gasteiger partial charge in [-0.2, -0.15) is 13.2 Å². The summed E-state index contributed by atoms with van der Waals surface area (Å²) < 4.78 is 46.6. The van der Waals surface area contributed by atoms with Gasteiger partial charge in [0.2, 0.25) is 5.95 Å². The van der Waals surface area contributed by atoms with Crippen LogP contribution in [0.4, 0.5) is 24.8 Å². The summed E-state index contributed by atoms with van der Waals surface area (Å²) in [5.41, 5.74) is 1.54. The SMILES string of the molecule is C=C(C(=O)N(C)C)C(O)c1ccc(Nc2nc3cc(Oc4ccnc(-c5ncc(C(F)(F)F)[nH]5)c4)ccc3n2C)cc1Cl. The molecule has 0 saturated carbocycles. The summed E-state index contributed by atoms with van der Waals surface area (Å²) in [4.78, 5) is 28.2. The van der Waals surface area contributed by atoms with Gasteiger partial charge in [0.25, 0.3) is 5.91 Å². The molecule has 1 amide bonds. The molecule has 2 aromatic carbocycles. The lowest BCUT2D eigenvalue weighted by molar-refractivity contribution is -0.140. The van der Waals surface area contributed by atoms with Crippen LogP contribution >= 0.6 is 11.6 Å². The maximum atomic E-state index is 12.9. The Morgan fingerprint density at radius 3 is 2.56 bits per heavy atom. The normalized spacial score (nSPS) is 12.3. The van der Waals surface area contributed by atoms with Gasteiger partial charge in [0.05, 0.1) is 17.2 Å². The number of aromatic nitrogens is 5. The smallest absolute Gasteiger partial charge is 0.432 e. The fourth-order valence-corrected chi connectivity index (χ4v) is 4.52. The van der Waals surface area contributed by atoms with Crippen LogP contribution < -0.4 is 10.1 Å². The summed E-state index contributed by atoms with van der Waals surface area (Å²) >= 11 is 6.44. The minimum absolute atomic E-state index is 0.000491. The first-order chi connectivity index (χ1) is 20.3. The van der Waals surface area contributed by atoms with Crippen molar-refractivity contribution >= 4 is 40.2 Å². The number of anilines is 2. The van der Waals surface area contributed by atoms with Crippen molar-refractivity contribution in [2.45, 2.75) is 12.3 Å². The van der Waals surface area contributed by atoms with Gasteiger partial charge in [-0.1, -0.05) is 24.2 Å². The molecule has 43 heavy (non-hydrogen) atoms. The third-order valence-electron chi connectivity index (χ3n) is 6.51. The van der Waals surface area contributed by atoms with Gasteiger partial charge < -0.3 is 29.6 Å². The Kier molecular flexibility index (Phi) is 7.86. The number of rotatable bonds is 8. The number of carbonyl (C=O) groups is 1. The Morgan fingerprint density at radius 2 is 1.88 bits per heavy atom. The Balaban J connectivity index is 1.33. The Morgan fingerprint density at radius 1 is 1.14 bits per heavy atom. The Hall–Kier alpha value is -4.88. The molecular weight excluding hydrogens is 587 g/mol. The first-order valence-electron chi connectivity index (χ1n) is 12.7. The maximum Gasteiger partial charge on any atom is 0.432 e. The summed E-state index contributed by atoms with van der Waals surface area (Å²) in [6.07, 6.45) is -3.69. The van der Waals surface area contributed by atoms with Crippen LogP contribution in [0.3, 0.4) is 0 Å². The molecule has 3 N–H and O–H groups in total. The topological polar surface area (TPSA) is 121 Å². The minimum atomic E-state index is -4.55. The molecule has 0 fully saturated rings. The largest absolute Gasteiger partial charge is 0.457 e. The van der Waals surface area contributed by atoms with Crippen molar-refractivity contribution in [3.05, 3.63) is 89.4 Å². The van der Waals surface area contributed by atoms with Crippen molar-refractivity contribution in [2.24, 2.45) is 7.05 Å². The number of H-pyrrole nitrogens is 1. The highest BCUT2D eigenvalue weighted by molar-refractivity contribution is 6.31. The number of ether oxygens (including phenoxy) is 1. The number of aryl methyl sites for hydroxylation is 1. The lowest BCUT2D eigenvalue weighted by Crippen LogP contribution is -2.26. The second-order valence-electron chi connectivity index (χ2n) is 9.76.